The van der Waals surface area contributed by atoms with Gasteiger partial charge in [0.1, 0.15) is 0 Å². The molecule has 0 spiro atoms. The lowest BCUT2D eigenvalue weighted by molar-refractivity contribution is -0.255. The van der Waals surface area contributed by atoms with Gasteiger partial charge >= 0.3 is 0 Å². The first-order valence-corrected chi connectivity index (χ1v) is 5.19. The maximum Gasteiger partial charge on any atom is 0.198 e. The molecule has 0 radical (unpaired) electrons. The topological polar surface area (TPSA) is 62.1 Å². The van der Waals surface area contributed by atoms with Crippen molar-refractivity contribution in [3.05, 3.63) is 45.8 Å². The number of carbonyl (C=O) groups excluding carboxylic acids is 1. The lowest BCUT2D eigenvalue weighted by atomic mass is 10.1. The normalized spacial score (nSPS) is 10.8. The lowest BCUT2D eigenvalue weighted by Gasteiger charge is -2.12. The summed E-state index contributed by atoms with van der Waals surface area (Å²) in [5.74, 6) is -3.93. The first-order valence-electron chi connectivity index (χ1n) is 5.19. The van der Waals surface area contributed by atoms with Crippen LogP contribution in [0.15, 0.2) is 23.1 Å². The first kappa shape index (κ1) is 12.2. The predicted molar refractivity (Wildman–Crippen MR) is 58.1 cm³/mol. The predicted octanol–water partition coefficient (Wildman–Crippen LogP) is 0.663. The molecule has 4 nitrogen and oxygen atoms in total. The Bertz CT molecular complexity index is 707. The maximum atomic E-state index is 13.1. The SMILES string of the molecule is CCn1cc(C(=O)[O-])c(=O)c2cc(F)c(F)cc21. The number of aryl methyl sites for hydroxylation is 1. The van der Waals surface area contributed by atoms with E-state index in [1.165, 1.54) is 4.57 Å². The molecule has 0 N–H and O–H groups in total. The molecule has 0 bridgehead atoms. The molecule has 18 heavy (non-hydrogen) atoms. The summed E-state index contributed by atoms with van der Waals surface area (Å²) in [7, 11) is 0. The van der Waals surface area contributed by atoms with Gasteiger partial charge in [-0.1, -0.05) is 0 Å². The Hall–Kier alpha value is -2.24. The Kier molecular flexibility index (Phi) is 2.86. The fraction of sp³-hybridized carbons (Fsp3) is 0.167. The van der Waals surface area contributed by atoms with Gasteiger partial charge in [0.2, 0.25) is 0 Å². The van der Waals surface area contributed by atoms with E-state index < -0.39 is 28.6 Å². The largest absolute Gasteiger partial charge is 0.545 e. The van der Waals surface area contributed by atoms with E-state index >= 15 is 0 Å². The molecule has 0 amide bonds. The molecule has 0 saturated heterocycles. The van der Waals surface area contributed by atoms with Crippen molar-refractivity contribution in [1.82, 2.24) is 4.57 Å². The number of halogens is 2. The van der Waals surface area contributed by atoms with Crippen molar-refractivity contribution < 1.29 is 18.7 Å². The third-order valence-corrected chi connectivity index (χ3v) is 2.68. The number of carboxylic acid groups (broad SMARTS) is 1. The van der Waals surface area contributed by atoms with E-state index in [4.69, 9.17) is 0 Å². The van der Waals surface area contributed by atoms with Gasteiger partial charge < -0.3 is 14.5 Å². The van der Waals surface area contributed by atoms with Gasteiger partial charge in [-0.05, 0) is 13.0 Å². The summed E-state index contributed by atoms with van der Waals surface area (Å²) in [4.78, 5) is 22.6. The minimum Gasteiger partial charge on any atom is -0.545 e. The van der Waals surface area contributed by atoms with Crippen LogP contribution in [0.2, 0.25) is 0 Å². The molecule has 2 aromatic rings. The fourth-order valence-corrected chi connectivity index (χ4v) is 1.79. The van der Waals surface area contributed by atoms with Crippen molar-refractivity contribution in [2.24, 2.45) is 0 Å². The average Bonchev–Trinajstić information content (AvgIpc) is 2.32. The Morgan fingerprint density at radius 2 is 1.94 bits per heavy atom. The number of benzene rings is 1. The van der Waals surface area contributed by atoms with E-state index in [1.807, 2.05) is 0 Å². The van der Waals surface area contributed by atoms with E-state index in [-0.39, 0.29) is 10.9 Å². The zero-order valence-corrected chi connectivity index (χ0v) is 9.37. The molecule has 1 aromatic heterocycles. The number of fused-ring (bicyclic) bond motifs is 1. The molecule has 2 rings (SSSR count). The summed E-state index contributed by atoms with van der Waals surface area (Å²) >= 11 is 0. The van der Waals surface area contributed by atoms with Crippen LogP contribution in [0, 0.1) is 11.6 Å². The molecule has 0 atom stereocenters. The number of hydrogen-bond donors (Lipinski definition) is 0. The van der Waals surface area contributed by atoms with Crippen molar-refractivity contribution in [3.8, 4) is 0 Å². The Morgan fingerprint density at radius 3 is 2.50 bits per heavy atom. The minimum absolute atomic E-state index is 0.145. The smallest absolute Gasteiger partial charge is 0.198 e. The number of carboxylic acids is 1. The number of hydrogen-bond acceptors (Lipinski definition) is 3. The van der Waals surface area contributed by atoms with Gasteiger partial charge in [0.25, 0.3) is 0 Å². The molecule has 1 aromatic carbocycles. The van der Waals surface area contributed by atoms with E-state index in [2.05, 4.69) is 0 Å². The number of pyridine rings is 1. The summed E-state index contributed by atoms with van der Waals surface area (Å²) in [6.07, 6.45) is 1.07. The molecular weight excluding hydrogens is 244 g/mol. The molecule has 6 heteroatoms. The number of nitrogens with zero attached hydrogens (tertiary/aromatic N) is 1. The van der Waals surface area contributed by atoms with E-state index in [9.17, 15) is 23.5 Å². The zero-order chi connectivity index (χ0) is 13.4. The van der Waals surface area contributed by atoms with Gasteiger partial charge in [-0.3, -0.25) is 4.79 Å². The lowest BCUT2D eigenvalue weighted by Crippen LogP contribution is -2.30. The first-order chi connectivity index (χ1) is 8.45. The second-order valence-electron chi connectivity index (χ2n) is 3.73. The highest BCUT2D eigenvalue weighted by atomic mass is 19.2. The molecule has 0 aliphatic heterocycles. The molecule has 0 aliphatic carbocycles. The van der Waals surface area contributed by atoms with Crippen LogP contribution in [0.3, 0.4) is 0 Å². The summed E-state index contributed by atoms with van der Waals surface area (Å²) in [5.41, 5.74) is -1.31. The molecule has 0 fully saturated rings. The summed E-state index contributed by atoms with van der Waals surface area (Å²) in [6, 6.07) is 1.57. The van der Waals surface area contributed by atoms with Crippen molar-refractivity contribution in [3.63, 3.8) is 0 Å². The van der Waals surface area contributed by atoms with Crippen molar-refractivity contribution in [2.75, 3.05) is 0 Å². The number of aromatic carboxylic acids is 1. The summed E-state index contributed by atoms with van der Waals surface area (Å²) < 4.78 is 27.6. The van der Waals surface area contributed by atoms with Crippen LogP contribution in [0.25, 0.3) is 10.9 Å². The summed E-state index contributed by atoms with van der Waals surface area (Å²) in [5, 5.41) is 10.6. The van der Waals surface area contributed by atoms with Gasteiger partial charge in [0.05, 0.1) is 17.0 Å². The molecule has 1 heterocycles. The third-order valence-electron chi connectivity index (χ3n) is 2.68. The third kappa shape index (κ3) is 1.75. The van der Waals surface area contributed by atoms with Crippen molar-refractivity contribution >= 4 is 16.9 Å². The molecule has 94 valence electrons. The highest BCUT2D eigenvalue weighted by Gasteiger charge is 2.13. The Labute approximate surface area is 100 Å². The number of rotatable bonds is 2. The van der Waals surface area contributed by atoms with Gasteiger partial charge in [0, 0.05) is 24.2 Å². The maximum absolute atomic E-state index is 13.1. The van der Waals surface area contributed by atoms with Gasteiger partial charge in [-0.15, -0.1) is 0 Å². The molecular formula is C12H8F2NO3-. The van der Waals surface area contributed by atoms with Gasteiger partial charge in [-0.25, -0.2) is 8.78 Å². The fourth-order valence-electron chi connectivity index (χ4n) is 1.79. The van der Waals surface area contributed by atoms with Crippen LogP contribution in [0.4, 0.5) is 8.78 Å². The van der Waals surface area contributed by atoms with Crippen molar-refractivity contribution in [1.29, 1.82) is 0 Å². The van der Waals surface area contributed by atoms with Crippen molar-refractivity contribution in [2.45, 2.75) is 13.5 Å². The van der Waals surface area contributed by atoms with Crippen LogP contribution < -0.4 is 10.5 Å². The highest BCUT2D eigenvalue weighted by Crippen LogP contribution is 2.16. The molecule has 0 saturated carbocycles. The quantitative estimate of drug-likeness (QED) is 0.788. The van der Waals surface area contributed by atoms with Gasteiger partial charge in [-0.2, -0.15) is 0 Å². The van der Waals surface area contributed by atoms with Crippen LogP contribution in [-0.2, 0) is 6.54 Å². The van der Waals surface area contributed by atoms with Crippen LogP contribution in [0.1, 0.15) is 17.3 Å². The Balaban J connectivity index is 2.99. The molecule has 0 unspecified atom stereocenters. The zero-order valence-electron chi connectivity index (χ0n) is 9.37. The van der Waals surface area contributed by atoms with Gasteiger partial charge in [0.15, 0.2) is 17.1 Å². The number of carbonyl (C=O) groups is 1. The van der Waals surface area contributed by atoms with E-state index in [0.29, 0.717) is 12.6 Å². The minimum atomic E-state index is -1.64. The monoisotopic (exact) mass is 252 g/mol. The average molecular weight is 252 g/mol. The van der Waals surface area contributed by atoms with Crippen LogP contribution in [-0.4, -0.2) is 10.5 Å². The summed E-state index contributed by atoms with van der Waals surface area (Å²) in [6.45, 7) is 1.99. The van der Waals surface area contributed by atoms with Crippen LogP contribution >= 0.6 is 0 Å². The van der Waals surface area contributed by atoms with E-state index in [1.54, 1.807) is 6.92 Å². The standard InChI is InChI=1S/C12H9F2NO3/c1-2-15-5-7(12(17)18)11(16)6-3-8(13)9(14)4-10(6)15/h3-5H,2H2,1H3,(H,17,18)/p-1. The Morgan fingerprint density at radius 1 is 1.33 bits per heavy atom. The second kappa shape index (κ2) is 4.21. The second-order valence-corrected chi connectivity index (χ2v) is 3.73. The van der Waals surface area contributed by atoms with E-state index in [0.717, 1.165) is 12.3 Å². The number of aromatic nitrogens is 1. The van der Waals surface area contributed by atoms with Crippen LogP contribution in [0.5, 0.6) is 0 Å². The molecule has 0 aliphatic rings. The highest BCUT2D eigenvalue weighted by molar-refractivity contribution is 5.91.